The number of anilines is 1. The third-order valence-corrected chi connectivity index (χ3v) is 4.12. The van der Waals surface area contributed by atoms with Crippen LogP contribution in [-0.4, -0.2) is 16.9 Å². The van der Waals surface area contributed by atoms with E-state index in [1.54, 1.807) is 12.1 Å². The molecule has 1 aromatic rings. The zero-order chi connectivity index (χ0) is 13.6. The number of hydrogen-bond acceptors (Lipinski definition) is 3. The number of carbonyl (C=O) groups is 1. The lowest BCUT2D eigenvalue weighted by Gasteiger charge is -2.43. The van der Waals surface area contributed by atoms with Gasteiger partial charge in [0.25, 0.3) is 5.69 Å². The van der Waals surface area contributed by atoms with Crippen LogP contribution in [0.4, 0.5) is 11.4 Å². The maximum Gasteiger partial charge on any atom is 0.269 e. The fraction of sp³-hybridized carbons (Fsp3) is 0.500. The Hall–Kier alpha value is -1.91. The van der Waals surface area contributed by atoms with Gasteiger partial charge in [-0.2, -0.15) is 0 Å². The molecular weight excluding hydrogens is 244 g/mol. The van der Waals surface area contributed by atoms with E-state index in [2.05, 4.69) is 6.92 Å². The molecule has 5 nitrogen and oxygen atoms in total. The second-order valence-electron chi connectivity index (χ2n) is 5.56. The maximum atomic E-state index is 12.1. The number of fused-ring (bicyclic) bond motifs is 1. The Balaban J connectivity index is 1.96. The first-order valence-corrected chi connectivity index (χ1v) is 6.65. The van der Waals surface area contributed by atoms with E-state index < -0.39 is 0 Å². The van der Waals surface area contributed by atoms with Crippen LogP contribution in [-0.2, 0) is 11.2 Å². The van der Waals surface area contributed by atoms with Crippen molar-refractivity contribution in [2.45, 2.75) is 38.6 Å². The lowest BCUT2D eigenvalue weighted by molar-refractivity contribution is -0.384. The van der Waals surface area contributed by atoms with E-state index in [9.17, 15) is 14.9 Å². The number of non-ortho nitro benzene ring substituents is 1. The van der Waals surface area contributed by atoms with Crippen LogP contribution in [0, 0.1) is 16.0 Å². The minimum absolute atomic E-state index is 0.107. The molecule has 1 saturated carbocycles. The molecule has 1 aliphatic carbocycles. The first-order chi connectivity index (χ1) is 9.06. The molecule has 0 unspecified atom stereocenters. The van der Waals surface area contributed by atoms with Crippen LogP contribution in [0.15, 0.2) is 18.2 Å². The average molecular weight is 260 g/mol. The van der Waals surface area contributed by atoms with Crippen molar-refractivity contribution in [1.29, 1.82) is 0 Å². The molecule has 0 atom stereocenters. The second-order valence-corrected chi connectivity index (χ2v) is 5.56. The molecule has 0 spiro atoms. The van der Waals surface area contributed by atoms with E-state index in [0.717, 1.165) is 24.1 Å². The minimum atomic E-state index is -0.382. The molecule has 3 rings (SSSR count). The normalized spacial score (nSPS) is 25.7. The van der Waals surface area contributed by atoms with Gasteiger partial charge in [-0.15, -0.1) is 0 Å². The highest BCUT2D eigenvalue weighted by atomic mass is 16.6. The summed E-state index contributed by atoms with van der Waals surface area (Å²) in [5.74, 6) is 0.819. The summed E-state index contributed by atoms with van der Waals surface area (Å²) in [6.45, 7) is 2.18. The number of nitro groups is 1. The number of aryl methyl sites for hydroxylation is 1. The van der Waals surface area contributed by atoms with Crippen molar-refractivity contribution >= 4 is 17.3 Å². The predicted octanol–water partition coefficient (Wildman–Crippen LogP) is 2.67. The van der Waals surface area contributed by atoms with Crippen LogP contribution >= 0.6 is 0 Å². The van der Waals surface area contributed by atoms with Crippen molar-refractivity contribution in [2.75, 3.05) is 4.90 Å². The Morgan fingerprint density at radius 1 is 1.32 bits per heavy atom. The molecule has 1 fully saturated rings. The first kappa shape index (κ1) is 12.1. The number of benzene rings is 1. The van der Waals surface area contributed by atoms with Gasteiger partial charge in [0.2, 0.25) is 5.91 Å². The summed E-state index contributed by atoms with van der Waals surface area (Å²) in [6.07, 6.45) is 3.12. The van der Waals surface area contributed by atoms with Gasteiger partial charge < -0.3 is 4.90 Å². The van der Waals surface area contributed by atoms with Gasteiger partial charge in [0, 0.05) is 30.3 Å². The van der Waals surface area contributed by atoms with Gasteiger partial charge in [0.1, 0.15) is 0 Å². The van der Waals surface area contributed by atoms with Crippen molar-refractivity contribution in [3.63, 3.8) is 0 Å². The SMILES string of the molecule is CC1CC(N2C(=O)CCc3cc([N+](=O)[O-])ccc32)C1. The molecule has 0 aromatic heterocycles. The fourth-order valence-electron chi connectivity index (χ4n) is 3.09. The number of rotatable bonds is 2. The van der Waals surface area contributed by atoms with Gasteiger partial charge in [-0.05, 0) is 36.8 Å². The summed E-state index contributed by atoms with van der Waals surface area (Å²) in [4.78, 5) is 24.4. The Morgan fingerprint density at radius 3 is 2.68 bits per heavy atom. The molecule has 0 radical (unpaired) electrons. The molecule has 1 heterocycles. The molecule has 5 heteroatoms. The summed E-state index contributed by atoms with van der Waals surface area (Å²) in [5, 5.41) is 10.8. The van der Waals surface area contributed by atoms with E-state index in [1.807, 2.05) is 4.90 Å². The third kappa shape index (κ3) is 1.99. The Kier molecular flexibility index (Phi) is 2.77. The first-order valence-electron chi connectivity index (χ1n) is 6.65. The summed E-state index contributed by atoms with van der Waals surface area (Å²) in [5.41, 5.74) is 1.90. The number of carbonyl (C=O) groups excluding carboxylic acids is 1. The quantitative estimate of drug-likeness (QED) is 0.606. The molecular formula is C14H16N2O3. The number of amides is 1. The van der Waals surface area contributed by atoms with Gasteiger partial charge in [-0.1, -0.05) is 6.92 Å². The Bertz CT molecular complexity index is 550. The van der Waals surface area contributed by atoms with Crippen molar-refractivity contribution in [1.82, 2.24) is 0 Å². The summed E-state index contributed by atoms with van der Waals surface area (Å²) in [6, 6.07) is 5.11. The molecule has 0 bridgehead atoms. The number of hydrogen-bond donors (Lipinski definition) is 0. The van der Waals surface area contributed by atoms with E-state index in [4.69, 9.17) is 0 Å². The summed E-state index contributed by atoms with van der Waals surface area (Å²) < 4.78 is 0. The van der Waals surface area contributed by atoms with Gasteiger partial charge in [-0.25, -0.2) is 0 Å². The monoisotopic (exact) mass is 260 g/mol. The zero-order valence-electron chi connectivity index (χ0n) is 10.8. The topological polar surface area (TPSA) is 63.5 Å². The van der Waals surface area contributed by atoms with Gasteiger partial charge in [0.05, 0.1) is 4.92 Å². The second kappa shape index (κ2) is 4.33. The van der Waals surface area contributed by atoms with E-state index in [-0.39, 0.29) is 22.6 Å². The zero-order valence-corrected chi connectivity index (χ0v) is 10.8. The number of nitro benzene ring substituents is 1. The Morgan fingerprint density at radius 2 is 2.05 bits per heavy atom. The molecule has 19 heavy (non-hydrogen) atoms. The van der Waals surface area contributed by atoms with Crippen molar-refractivity contribution in [2.24, 2.45) is 5.92 Å². The molecule has 1 amide bonds. The van der Waals surface area contributed by atoms with E-state index >= 15 is 0 Å². The lowest BCUT2D eigenvalue weighted by Crippen LogP contribution is -2.49. The highest BCUT2D eigenvalue weighted by Crippen LogP contribution is 2.39. The maximum absolute atomic E-state index is 12.1. The van der Waals surface area contributed by atoms with Gasteiger partial charge in [-0.3, -0.25) is 14.9 Å². The molecule has 100 valence electrons. The van der Waals surface area contributed by atoms with Crippen LogP contribution in [0.3, 0.4) is 0 Å². The Labute approximate surface area is 111 Å². The van der Waals surface area contributed by atoms with Crippen LogP contribution in [0.5, 0.6) is 0 Å². The highest BCUT2D eigenvalue weighted by molar-refractivity contribution is 5.97. The summed E-state index contributed by atoms with van der Waals surface area (Å²) >= 11 is 0. The smallest absolute Gasteiger partial charge is 0.269 e. The van der Waals surface area contributed by atoms with Crippen LogP contribution in [0.2, 0.25) is 0 Å². The molecule has 0 N–H and O–H groups in total. The van der Waals surface area contributed by atoms with Crippen molar-refractivity contribution in [3.05, 3.63) is 33.9 Å². The van der Waals surface area contributed by atoms with Gasteiger partial charge in [0.15, 0.2) is 0 Å². The molecule has 1 aromatic carbocycles. The molecule has 2 aliphatic rings. The largest absolute Gasteiger partial charge is 0.309 e. The minimum Gasteiger partial charge on any atom is -0.309 e. The lowest BCUT2D eigenvalue weighted by atomic mass is 9.79. The van der Waals surface area contributed by atoms with Crippen molar-refractivity contribution in [3.8, 4) is 0 Å². The van der Waals surface area contributed by atoms with E-state index in [0.29, 0.717) is 18.8 Å². The number of nitrogens with zero attached hydrogens (tertiary/aromatic N) is 2. The van der Waals surface area contributed by atoms with Crippen LogP contribution in [0.1, 0.15) is 31.7 Å². The fourth-order valence-corrected chi connectivity index (χ4v) is 3.09. The van der Waals surface area contributed by atoms with Crippen LogP contribution in [0.25, 0.3) is 0 Å². The third-order valence-electron chi connectivity index (χ3n) is 4.12. The molecule has 1 aliphatic heterocycles. The average Bonchev–Trinajstić information content (AvgIpc) is 2.35. The highest BCUT2D eigenvalue weighted by Gasteiger charge is 2.37. The van der Waals surface area contributed by atoms with E-state index in [1.165, 1.54) is 6.07 Å². The van der Waals surface area contributed by atoms with Crippen molar-refractivity contribution < 1.29 is 9.72 Å². The standard InChI is InChI=1S/C14H16N2O3/c1-9-6-12(7-9)15-13-4-3-11(16(18)19)8-10(13)2-5-14(15)17/h3-4,8-9,12H,2,5-7H2,1H3. The summed E-state index contributed by atoms with van der Waals surface area (Å²) in [7, 11) is 0. The van der Waals surface area contributed by atoms with Crippen LogP contribution < -0.4 is 4.90 Å². The molecule has 0 saturated heterocycles. The van der Waals surface area contributed by atoms with Gasteiger partial charge >= 0.3 is 0 Å². The predicted molar refractivity (Wildman–Crippen MR) is 71.1 cm³/mol.